The topological polar surface area (TPSA) is 80.9 Å². The minimum absolute atomic E-state index is 0.0238. The molecule has 6 aliphatic rings. The Morgan fingerprint density at radius 3 is 2.36 bits per heavy atom. The molecule has 6 fully saturated rings. The molecule has 12 atom stereocenters. The van der Waals surface area contributed by atoms with Crippen molar-refractivity contribution >= 4 is 0 Å². The summed E-state index contributed by atoms with van der Waals surface area (Å²) in [6, 6.07) is 0. The SMILES string of the molecule is CC12CCC3C(C1[C@@H]1C[C@@H]1[C@@]2(O)CCCO)[C@H]1C[C@H]1[C@]1(O)CC(O)CC[C@]31C. The van der Waals surface area contributed by atoms with Crippen molar-refractivity contribution in [2.75, 3.05) is 6.61 Å². The van der Waals surface area contributed by atoms with Gasteiger partial charge in [-0.1, -0.05) is 13.8 Å². The second kappa shape index (κ2) is 5.36. The maximum absolute atomic E-state index is 11.9. The van der Waals surface area contributed by atoms with Gasteiger partial charge >= 0.3 is 0 Å². The molecule has 0 radical (unpaired) electrons. The van der Waals surface area contributed by atoms with E-state index in [1.807, 2.05) is 0 Å². The zero-order valence-corrected chi connectivity index (χ0v) is 17.5. The highest BCUT2D eigenvalue weighted by Crippen LogP contribution is 2.82. The fraction of sp³-hybridized carbons (Fsp3) is 1.00. The fourth-order valence-corrected chi connectivity index (χ4v) is 10.1. The average molecular weight is 391 g/mol. The van der Waals surface area contributed by atoms with Crippen LogP contribution < -0.4 is 0 Å². The van der Waals surface area contributed by atoms with Gasteiger partial charge in [-0.2, -0.15) is 0 Å². The minimum atomic E-state index is -0.682. The van der Waals surface area contributed by atoms with E-state index in [9.17, 15) is 20.4 Å². The average Bonchev–Trinajstić information content (AvgIpc) is 3.54. The van der Waals surface area contributed by atoms with E-state index < -0.39 is 11.2 Å². The summed E-state index contributed by atoms with van der Waals surface area (Å²) in [6.45, 7) is 4.87. The van der Waals surface area contributed by atoms with Gasteiger partial charge in [-0.25, -0.2) is 0 Å². The van der Waals surface area contributed by atoms with Crippen LogP contribution >= 0.6 is 0 Å². The third kappa shape index (κ3) is 1.89. The number of aliphatic hydroxyl groups excluding tert-OH is 2. The Labute approximate surface area is 168 Å². The van der Waals surface area contributed by atoms with Crippen LogP contribution in [0.15, 0.2) is 0 Å². The molecule has 4 nitrogen and oxygen atoms in total. The summed E-state index contributed by atoms with van der Waals surface area (Å²) in [7, 11) is 0. The van der Waals surface area contributed by atoms with Gasteiger partial charge in [-0.3, -0.25) is 0 Å². The lowest BCUT2D eigenvalue weighted by atomic mass is 9.42. The van der Waals surface area contributed by atoms with E-state index in [1.165, 1.54) is 6.42 Å². The predicted molar refractivity (Wildman–Crippen MR) is 105 cm³/mol. The highest BCUT2D eigenvalue weighted by atomic mass is 16.3. The molecule has 0 amide bonds. The van der Waals surface area contributed by atoms with Crippen LogP contribution in [0.5, 0.6) is 0 Å². The Balaban J connectivity index is 1.38. The van der Waals surface area contributed by atoms with Gasteiger partial charge in [0, 0.05) is 13.0 Å². The zero-order chi connectivity index (χ0) is 19.7. The predicted octanol–water partition coefficient (Wildman–Crippen LogP) is 2.72. The van der Waals surface area contributed by atoms with Crippen LogP contribution in [0.25, 0.3) is 0 Å². The van der Waals surface area contributed by atoms with Gasteiger partial charge in [-0.15, -0.1) is 0 Å². The number of hydrogen-bond acceptors (Lipinski definition) is 4. The summed E-state index contributed by atoms with van der Waals surface area (Å²) in [5, 5.41) is 43.4. The second-order valence-electron chi connectivity index (χ2n) is 12.2. The molecular weight excluding hydrogens is 352 g/mol. The van der Waals surface area contributed by atoms with E-state index in [-0.39, 0.29) is 23.5 Å². The lowest BCUT2D eigenvalue weighted by Gasteiger charge is -2.64. The molecule has 0 aromatic carbocycles. The summed E-state index contributed by atoms with van der Waals surface area (Å²) in [5.74, 6) is 3.82. The van der Waals surface area contributed by atoms with Crippen LogP contribution in [0.4, 0.5) is 0 Å². The van der Waals surface area contributed by atoms with E-state index in [0.29, 0.717) is 54.3 Å². The maximum Gasteiger partial charge on any atom is 0.0759 e. The van der Waals surface area contributed by atoms with E-state index in [4.69, 9.17) is 0 Å². The van der Waals surface area contributed by atoms with Crippen molar-refractivity contribution in [3.8, 4) is 0 Å². The van der Waals surface area contributed by atoms with Gasteiger partial charge in [-0.05, 0) is 104 Å². The van der Waals surface area contributed by atoms with E-state index >= 15 is 0 Å². The molecular formula is C24H38O4. The summed E-state index contributed by atoms with van der Waals surface area (Å²) in [4.78, 5) is 0. The van der Waals surface area contributed by atoms with Crippen LogP contribution in [0, 0.1) is 52.3 Å². The van der Waals surface area contributed by atoms with Crippen molar-refractivity contribution in [3.63, 3.8) is 0 Å². The van der Waals surface area contributed by atoms with Crippen LogP contribution in [0.2, 0.25) is 0 Å². The normalized spacial score (nSPS) is 66.2. The Kier molecular flexibility index (Phi) is 3.56. The Morgan fingerprint density at radius 2 is 1.61 bits per heavy atom. The smallest absolute Gasteiger partial charge is 0.0759 e. The third-order valence-electron chi connectivity index (χ3n) is 11.5. The molecule has 6 aliphatic carbocycles. The third-order valence-corrected chi connectivity index (χ3v) is 11.5. The molecule has 0 aromatic heterocycles. The molecule has 0 saturated heterocycles. The van der Waals surface area contributed by atoms with Crippen LogP contribution in [0.3, 0.4) is 0 Å². The molecule has 28 heavy (non-hydrogen) atoms. The van der Waals surface area contributed by atoms with Crippen molar-refractivity contribution in [3.05, 3.63) is 0 Å². The first kappa shape index (κ1) is 18.6. The molecule has 5 unspecified atom stereocenters. The van der Waals surface area contributed by atoms with Crippen molar-refractivity contribution in [1.82, 2.24) is 0 Å². The molecule has 4 heteroatoms. The van der Waals surface area contributed by atoms with E-state index in [0.717, 1.165) is 38.5 Å². The molecule has 4 N–H and O–H groups in total. The first-order chi connectivity index (χ1) is 13.2. The fourth-order valence-electron chi connectivity index (χ4n) is 10.1. The molecule has 0 spiro atoms. The van der Waals surface area contributed by atoms with Gasteiger partial charge in [0.05, 0.1) is 17.3 Å². The van der Waals surface area contributed by atoms with Crippen LogP contribution in [-0.4, -0.2) is 44.3 Å². The molecule has 6 saturated carbocycles. The highest BCUT2D eigenvalue weighted by molar-refractivity contribution is 5.29. The number of rotatable bonds is 3. The lowest BCUT2D eigenvalue weighted by Crippen LogP contribution is -2.65. The van der Waals surface area contributed by atoms with Crippen LogP contribution in [-0.2, 0) is 0 Å². The Hall–Kier alpha value is -0.160. The standard InChI is InChI=1S/C24H38O4/c1-21-7-4-13(26)12-24(21,28)17-10-14(17)19-16(21)5-8-22(2)20(19)15-11-18(15)23(22,27)6-3-9-25/h13-20,25-28H,3-12H2,1-2H3/t13?,14-,15+,16?,17+,18-,19?,20?,21+,22?,23-,24+/m0/s1. The lowest BCUT2D eigenvalue weighted by molar-refractivity contribution is -0.237. The molecule has 0 heterocycles. The summed E-state index contributed by atoms with van der Waals surface area (Å²) in [5.41, 5.74) is -1.38. The zero-order valence-electron chi connectivity index (χ0n) is 17.5. The molecule has 0 bridgehead atoms. The van der Waals surface area contributed by atoms with Crippen LogP contribution in [0.1, 0.15) is 71.6 Å². The minimum Gasteiger partial charge on any atom is -0.396 e. The summed E-state index contributed by atoms with van der Waals surface area (Å²) >= 11 is 0. The van der Waals surface area contributed by atoms with Crippen molar-refractivity contribution < 1.29 is 20.4 Å². The largest absolute Gasteiger partial charge is 0.396 e. The Bertz CT molecular complexity index is 696. The number of fused-ring (bicyclic) bond motifs is 10. The molecule has 158 valence electrons. The molecule has 0 aliphatic heterocycles. The molecule has 0 aromatic rings. The first-order valence-electron chi connectivity index (χ1n) is 11.9. The highest BCUT2D eigenvalue weighted by Gasteiger charge is 2.80. The van der Waals surface area contributed by atoms with E-state index in [2.05, 4.69) is 13.8 Å². The van der Waals surface area contributed by atoms with Gasteiger partial charge in [0.2, 0.25) is 0 Å². The van der Waals surface area contributed by atoms with E-state index in [1.54, 1.807) is 0 Å². The van der Waals surface area contributed by atoms with Gasteiger partial charge < -0.3 is 20.4 Å². The number of hydrogen-bond donors (Lipinski definition) is 4. The van der Waals surface area contributed by atoms with Crippen molar-refractivity contribution in [2.45, 2.75) is 88.9 Å². The monoisotopic (exact) mass is 390 g/mol. The summed E-state index contributed by atoms with van der Waals surface area (Å²) < 4.78 is 0. The van der Waals surface area contributed by atoms with Gasteiger partial charge in [0.15, 0.2) is 0 Å². The van der Waals surface area contributed by atoms with Gasteiger partial charge in [0.1, 0.15) is 0 Å². The maximum atomic E-state index is 11.9. The number of aliphatic hydroxyl groups is 4. The molecule has 6 rings (SSSR count). The quantitative estimate of drug-likeness (QED) is 0.597. The second-order valence-corrected chi connectivity index (χ2v) is 12.2. The first-order valence-corrected chi connectivity index (χ1v) is 11.9. The van der Waals surface area contributed by atoms with Gasteiger partial charge in [0.25, 0.3) is 0 Å². The Morgan fingerprint density at radius 1 is 0.893 bits per heavy atom. The summed E-state index contributed by atoms with van der Waals surface area (Å²) in [6.07, 6.45) is 7.91. The van der Waals surface area contributed by atoms with Crippen molar-refractivity contribution in [2.24, 2.45) is 52.3 Å². The van der Waals surface area contributed by atoms with Crippen molar-refractivity contribution in [1.29, 1.82) is 0 Å².